The fourth-order valence-corrected chi connectivity index (χ4v) is 2.50. The van der Waals surface area contributed by atoms with Gasteiger partial charge in [0.2, 0.25) is 0 Å². The Bertz CT molecular complexity index is 463. The molecule has 0 amide bonds. The van der Waals surface area contributed by atoms with E-state index in [1.54, 1.807) is 0 Å². The van der Waals surface area contributed by atoms with E-state index in [4.69, 9.17) is 11.5 Å². The Hall–Kier alpha value is 0.323. The maximum absolute atomic E-state index is 5.56. The predicted molar refractivity (Wildman–Crippen MR) is 91.6 cm³/mol. The number of anilines is 2. The van der Waals surface area contributed by atoms with Gasteiger partial charge in [-0.2, -0.15) is 0 Å². The van der Waals surface area contributed by atoms with Crippen LogP contribution in [0.1, 0.15) is 0 Å². The Kier molecular flexibility index (Phi) is 9.45. The van der Waals surface area contributed by atoms with Gasteiger partial charge in [-0.15, -0.1) is 25.3 Å². The van der Waals surface area contributed by atoms with Gasteiger partial charge in [0.05, 0.1) is 11.4 Å². The summed E-state index contributed by atoms with van der Waals surface area (Å²) in [6.45, 7) is 0. The van der Waals surface area contributed by atoms with Crippen LogP contribution in [0.4, 0.5) is 11.4 Å². The summed E-state index contributed by atoms with van der Waals surface area (Å²) in [4.78, 5) is 1.62. The van der Waals surface area contributed by atoms with Crippen LogP contribution in [0.3, 0.4) is 0 Å². The summed E-state index contributed by atoms with van der Waals surface area (Å²) in [6, 6.07) is 11.3. The molecule has 2 aromatic rings. The van der Waals surface area contributed by atoms with Crippen molar-refractivity contribution in [1.29, 1.82) is 0 Å². The predicted octanol–water partition coefficient (Wildman–Crippen LogP) is 4.64. The maximum atomic E-state index is 5.56. The van der Waals surface area contributed by atoms with E-state index in [1.165, 1.54) is 0 Å². The monoisotopic (exact) mass is 470 g/mol. The van der Waals surface area contributed by atoms with Crippen molar-refractivity contribution in [1.82, 2.24) is 0 Å². The van der Waals surface area contributed by atoms with E-state index >= 15 is 0 Å². The van der Waals surface area contributed by atoms with Crippen LogP contribution in [0.5, 0.6) is 0 Å². The molecule has 4 N–H and O–H groups in total. The molecule has 0 aliphatic rings. The first-order valence-corrected chi connectivity index (χ1v) is 7.37. The molecule has 2 nitrogen and oxygen atoms in total. The van der Waals surface area contributed by atoms with E-state index < -0.39 is 0 Å². The molecule has 2 rings (SSSR count). The van der Waals surface area contributed by atoms with Gasteiger partial charge in [0.15, 0.2) is 0 Å². The van der Waals surface area contributed by atoms with Gasteiger partial charge in [-0.1, -0.05) is 12.1 Å². The van der Waals surface area contributed by atoms with Gasteiger partial charge in [0, 0.05) is 38.2 Å². The van der Waals surface area contributed by atoms with Gasteiger partial charge in [-0.25, -0.2) is 0 Å². The number of benzene rings is 2. The minimum Gasteiger partial charge on any atom is -0.397 e. The Morgan fingerprint density at radius 3 is 1.26 bits per heavy atom. The van der Waals surface area contributed by atoms with Crippen molar-refractivity contribution in [3.8, 4) is 0 Å². The van der Waals surface area contributed by atoms with Crippen LogP contribution in [0, 0.1) is 0 Å². The van der Waals surface area contributed by atoms with Crippen LogP contribution in [-0.2, 0) is 19.5 Å². The maximum Gasteiger partial charge on any atom is 0.0594 e. The SMILES string of the molecule is Nc1c(S)cccc1Br.Nc1c(S)cccc1Br.[Zn]. The zero-order valence-electron chi connectivity index (χ0n) is 9.98. The normalized spacial score (nSPS) is 9.05. The van der Waals surface area contributed by atoms with Gasteiger partial charge in [-0.3, -0.25) is 0 Å². The first-order valence-electron chi connectivity index (χ1n) is 4.89. The molecule has 0 aliphatic heterocycles. The van der Waals surface area contributed by atoms with Gasteiger partial charge < -0.3 is 11.5 Å². The smallest absolute Gasteiger partial charge is 0.0594 e. The van der Waals surface area contributed by atoms with Crippen LogP contribution < -0.4 is 11.5 Å². The number of nitrogens with two attached hydrogens (primary N) is 2. The second-order valence-corrected chi connectivity index (χ2v) is 6.02. The molecule has 0 radical (unpaired) electrons. The average Bonchev–Trinajstić information content (AvgIpc) is 2.34. The molecule has 19 heavy (non-hydrogen) atoms. The molecule has 0 atom stereocenters. The average molecular weight is 474 g/mol. The van der Waals surface area contributed by atoms with Crippen LogP contribution in [-0.4, -0.2) is 0 Å². The van der Waals surface area contributed by atoms with Crippen LogP contribution >= 0.6 is 57.1 Å². The van der Waals surface area contributed by atoms with E-state index in [0.717, 1.165) is 18.7 Å². The number of hydrogen-bond acceptors (Lipinski definition) is 4. The fraction of sp³-hybridized carbons (Fsp3) is 0. The van der Waals surface area contributed by atoms with Crippen molar-refractivity contribution in [3.05, 3.63) is 45.3 Å². The minimum atomic E-state index is 0. The Balaban J connectivity index is 0.000000324. The van der Waals surface area contributed by atoms with E-state index in [-0.39, 0.29) is 19.5 Å². The van der Waals surface area contributed by atoms with Crippen molar-refractivity contribution >= 4 is 68.5 Å². The van der Waals surface area contributed by atoms with Crippen LogP contribution in [0.15, 0.2) is 55.1 Å². The number of para-hydroxylation sites is 2. The van der Waals surface area contributed by atoms with Crippen LogP contribution in [0.25, 0.3) is 0 Å². The third kappa shape index (κ3) is 6.09. The van der Waals surface area contributed by atoms with Gasteiger partial charge in [-0.05, 0) is 56.1 Å². The summed E-state index contributed by atoms with van der Waals surface area (Å²) in [7, 11) is 0. The first-order chi connectivity index (χ1) is 8.43. The molecule has 7 heteroatoms. The second kappa shape index (κ2) is 9.29. The van der Waals surface area contributed by atoms with Crippen molar-refractivity contribution in [2.24, 2.45) is 0 Å². The number of nitrogen functional groups attached to an aromatic ring is 2. The van der Waals surface area contributed by atoms with E-state index in [1.807, 2.05) is 36.4 Å². The van der Waals surface area contributed by atoms with E-state index in [0.29, 0.717) is 11.4 Å². The van der Waals surface area contributed by atoms with Crippen molar-refractivity contribution in [2.75, 3.05) is 11.5 Å². The quantitative estimate of drug-likeness (QED) is 0.256. The van der Waals surface area contributed by atoms with Gasteiger partial charge >= 0.3 is 0 Å². The Labute approximate surface area is 153 Å². The summed E-state index contributed by atoms with van der Waals surface area (Å²) in [5, 5.41) is 0. The standard InChI is InChI=1S/2C6H6BrNS.Zn/c2*7-4-2-1-3-5(9)6(4)8;/h2*1-3,9H,8H2;. The molecule has 2 aromatic carbocycles. The zero-order valence-corrected chi connectivity index (χ0v) is 17.9. The number of thiol groups is 2. The second-order valence-electron chi connectivity index (χ2n) is 3.35. The molecule has 0 bridgehead atoms. The zero-order chi connectivity index (χ0) is 13.7. The largest absolute Gasteiger partial charge is 0.397 e. The molecular formula is C12H12Br2N2S2Zn. The molecule has 0 heterocycles. The van der Waals surface area contributed by atoms with E-state index in [9.17, 15) is 0 Å². The fourth-order valence-electron chi connectivity index (χ4n) is 1.05. The Morgan fingerprint density at radius 1 is 0.737 bits per heavy atom. The van der Waals surface area contributed by atoms with Crippen LogP contribution in [0.2, 0.25) is 0 Å². The summed E-state index contributed by atoms with van der Waals surface area (Å²) < 4.78 is 1.80. The van der Waals surface area contributed by atoms with Crippen molar-refractivity contribution in [2.45, 2.75) is 9.79 Å². The first kappa shape index (κ1) is 19.3. The molecule has 0 aliphatic carbocycles. The topological polar surface area (TPSA) is 52.0 Å². The third-order valence-corrected chi connectivity index (χ3v) is 4.22. The molecule has 0 spiro atoms. The van der Waals surface area contributed by atoms with Gasteiger partial charge in [0.1, 0.15) is 0 Å². The number of hydrogen-bond donors (Lipinski definition) is 4. The molecular weight excluding hydrogens is 461 g/mol. The molecule has 0 unspecified atom stereocenters. The summed E-state index contributed by atoms with van der Waals surface area (Å²) >= 11 is 14.8. The molecule has 98 valence electrons. The molecule has 0 aromatic heterocycles. The number of halogens is 2. The molecule has 0 saturated heterocycles. The molecule has 0 fully saturated rings. The van der Waals surface area contributed by atoms with Crippen molar-refractivity contribution < 1.29 is 19.5 Å². The third-order valence-electron chi connectivity index (χ3n) is 2.06. The summed E-state index contributed by atoms with van der Waals surface area (Å²) in [6.07, 6.45) is 0. The Morgan fingerprint density at radius 2 is 1.05 bits per heavy atom. The number of rotatable bonds is 0. The van der Waals surface area contributed by atoms with Crippen molar-refractivity contribution in [3.63, 3.8) is 0 Å². The summed E-state index contributed by atoms with van der Waals surface area (Å²) in [5.74, 6) is 0. The molecule has 0 saturated carbocycles. The van der Waals surface area contributed by atoms with E-state index in [2.05, 4.69) is 57.1 Å². The summed E-state index contributed by atoms with van der Waals surface area (Å²) in [5.41, 5.74) is 12.5. The van der Waals surface area contributed by atoms with Gasteiger partial charge in [0.25, 0.3) is 0 Å². The minimum absolute atomic E-state index is 0.